The molecule has 0 spiro atoms. The maximum atomic E-state index is 13.3. The SMILES string of the molecule is CCn1c(C)cc(C(=O)N2CCC[C@H](c3nccn3Cc3ccncc3)C2)c1C. The van der Waals surface area contributed by atoms with Crippen molar-refractivity contribution in [2.75, 3.05) is 13.1 Å². The number of carbonyl (C=O) groups is 1. The van der Waals surface area contributed by atoms with Crippen LogP contribution in [-0.4, -0.2) is 43.0 Å². The van der Waals surface area contributed by atoms with Gasteiger partial charge < -0.3 is 14.0 Å². The van der Waals surface area contributed by atoms with Crippen molar-refractivity contribution in [1.29, 1.82) is 0 Å². The first-order valence-corrected chi connectivity index (χ1v) is 10.4. The molecule has 4 rings (SSSR count). The van der Waals surface area contributed by atoms with Gasteiger partial charge in [0.25, 0.3) is 5.91 Å². The Morgan fingerprint density at radius 3 is 2.72 bits per heavy atom. The number of imidazole rings is 1. The Hall–Kier alpha value is -2.89. The molecule has 0 bridgehead atoms. The van der Waals surface area contributed by atoms with Crippen molar-refractivity contribution in [2.45, 2.75) is 52.6 Å². The van der Waals surface area contributed by atoms with E-state index >= 15 is 0 Å². The van der Waals surface area contributed by atoms with Crippen molar-refractivity contribution < 1.29 is 4.79 Å². The highest BCUT2D eigenvalue weighted by Gasteiger charge is 2.29. The molecule has 3 aromatic rings. The van der Waals surface area contributed by atoms with Crippen molar-refractivity contribution in [1.82, 2.24) is 24.0 Å². The summed E-state index contributed by atoms with van der Waals surface area (Å²) in [4.78, 5) is 24.0. The standard InChI is InChI=1S/C23H29N5O/c1-4-28-17(2)14-21(18(28)3)23(29)27-12-5-6-20(16-27)22-25-11-13-26(22)15-19-7-9-24-10-8-19/h7-11,13-14,20H,4-6,12,15-16H2,1-3H3/t20-/m0/s1. The zero-order chi connectivity index (χ0) is 20.4. The van der Waals surface area contributed by atoms with Gasteiger partial charge in [-0.2, -0.15) is 0 Å². The molecule has 0 N–H and O–H groups in total. The smallest absolute Gasteiger partial charge is 0.255 e. The van der Waals surface area contributed by atoms with Gasteiger partial charge in [0, 0.05) is 68.3 Å². The summed E-state index contributed by atoms with van der Waals surface area (Å²) in [6, 6.07) is 6.10. The van der Waals surface area contributed by atoms with Crippen LogP contribution in [0.3, 0.4) is 0 Å². The first kappa shape index (κ1) is 19.4. The summed E-state index contributed by atoms with van der Waals surface area (Å²) in [5.41, 5.74) is 4.26. The van der Waals surface area contributed by atoms with E-state index in [-0.39, 0.29) is 11.8 Å². The summed E-state index contributed by atoms with van der Waals surface area (Å²) in [5, 5.41) is 0. The molecule has 0 unspecified atom stereocenters. The molecule has 6 heteroatoms. The molecule has 1 fully saturated rings. The zero-order valence-electron chi connectivity index (χ0n) is 17.5. The fourth-order valence-electron chi connectivity index (χ4n) is 4.55. The van der Waals surface area contributed by atoms with Gasteiger partial charge in [-0.1, -0.05) is 0 Å². The van der Waals surface area contributed by atoms with Crippen molar-refractivity contribution in [3.8, 4) is 0 Å². The third-order valence-electron chi connectivity index (χ3n) is 6.04. The van der Waals surface area contributed by atoms with Crippen LogP contribution in [0.1, 0.15) is 58.8 Å². The van der Waals surface area contributed by atoms with Gasteiger partial charge in [0.05, 0.1) is 5.56 Å². The number of amides is 1. The maximum absolute atomic E-state index is 13.3. The molecule has 0 radical (unpaired) electrons. The third kappa shape index (κ3) is 3.84. The van der Waals surface area contributed by atoms with Crippen LogP contribution in [0.2, 0.25) is 0 Å². The highest BCUT2D eigenvalue weighted by molar-refractivity contribution is 5.95. The van der Waals surface area contributed by atoms with E-state index in [1.54, 1.807) is 0 Å². The lowest BCUT2D eigenvalue weighted by atomic mass is 9.96. The Morgan fingerprint density at radius 2 is 2.00 bits per heavy atom. The number of nitrogens with zero attached hydrogens (tertiary/aromatic N) is 5. The molecule has 0 aliphatic carbocycles. The predicted molar refractivity (Wildman–Crippen MR) is 113 cm³/mol. The van der Waals surface area contributed by atoms with Gasteiger partial charge in [-0.15, -0.1) is 0 Å². The fraction of sp³-hybridized carbons (Fsp3) is 0.435. The van der Waals surface area contributed by atoms with Crippen LogP contribution in [0.15, 0.2) is 43.0 Å². The van der Waals surface area contributed by atoms with Crippen LogP contribution >= 0.6 is 0 Å². The highest BCUT2D eigenvalue weighted by Crippen LogP contribution is 2.28. The molecule has 6 nitrogen and oxygen atoms in total. The quantitative estimate of drug-likeness (QED) is 0.665. The topological polar surface area (TPSA) is 56.0 Å². The van der Waals surface area contributed by atoms with E-state index < -0.39 is 0 Å². The largest absolute Gasteiger partial charge is 0.349 e. The Labute approximate surface area is 172 Å². The minimum atomic E-state index is 0.148. The number of likely N-dealkylation sites (tertiary alicyclic amines) is 1. The molecule has 1 aliphatic rings. The van der Waals surface area contributed by atoms with Crippen molar-refractivity contribution in [2.24, 2.45) is 0 Å². The molecule has 0 aromatic carbocycles. The van der Waals surface area contributed by atoms with Crippen molar-refractivity contribution in [3.63, 3.8) is 0 Å². The minimum Gasteiger partial charge on any atom is -0.349 e. The monoisotopic (exact) mass is 391 g/mol. The molecule has 4 heterocycles. The number of aromatic nitrogens is 4. The van der Waals surface area contributed by atoms with E-state index in [0.717, 1.165) is 61.8 Å². The molecule has 1 atom stereocenters. The average Bonchev–Trinajstić information content (AvgIpc) is 3.32. The lowest BCUT2D eigenvalue weighted by Gasteiger charge is -2.33. The molecular formula is C23H29N5O. The molecule has 3 aromatic heterocycles. The van der Waals surface area contributed by atoms with E-state index in [2.05, 4.69) is 32.9 Å². The van der Waals surface area contributed by atoms with E-state index in [1.165, 1.54) is 5.56 Å². The van der Waals surface area contributed by atoms with Crippen LogP contribution in [0.4, 0.5) is 0 Å². The van der Waals surface area contributed by atoms with E-state index in [1.807, 2.05) is 54.8 Å². The Kier molecular flexibility index (Phi) is 5.51. The first-order valence-electron chi connectivity index (χ1n) is 10.4. The molecule has 0 saturated carbocycles. The van der Waals surface area contributed by atoms with Gasteiger partial charge in [-0.3, -0.25) is 9.78 Å². The van der Waals surface area contributed by atoms with Gasteiger partial charge in [0.1, 0.15) is 5.82 Å². The van der Waals surface area contributed by atoms with Crippen LogP contribution in [-0.2, 0) is 13.1 Å². The zero-order valence-corrected chi connectivity index (χ0v) is 17.5. The summed E-state index contributed by atoms with van der Waals surface area (Å²) in [7, 11) is 0. The molecule has 29 heavy (non-hydrogen) atoms. The maximum Gasteiger partial charge on any atom is 0.255 e. The van der Waals surface area contributed by atoms with Gasteiger partial charge in [0.2, 0.25) is 0 Å². The van der Waals surface area contributed by atoms with Crippen molar-refractivity contribution >= 4 is 5.91 Å². The number of piperidine rings is 1. The first-order chi connectivity index (χ1) is 14.1. The second-order valence-corrected chi connectivity index (χ2v) is 7.89. The number of carbonyl (C=O) groups excluding carboxylic acids is 1. The summed E-state index contributed by atoms with van der Waals surface area (Å²) < 4.78 is 4.41. The van der Waals surface area contributed by atoms with Crippen LogP contribution < -0.4 is 0 Å². The molecule has 152 valence electrons. The lowest BCUT2D eigenvalue weighted by molar-refractivity contribution is 0.0702. The van der Waals surface area contributed by atoms with Gasteiger partial charge >= 0.3 is 0 Å². The third-order valence-corrected chi connectivity index (χ3v) is 6.04. The van der Waals surface area contributed by atoms with Crippen LogP contribution in [0, 0.1) is 13.8 Å². The Morgan fingerprint density at radius 1 is 1.21 bits per heavy atom. The predicted octanol–water partition coefficient (Wildman–Crippen LogP) is 3.78. The Bertz CT molecular complexity index is 988. The molecule has 1 saturated heterocycles. The number of aryl methyl sites for hydroxylation is 1. The number of rotatable bonds is 5. The average molecular weight is 392 g/mol. The van der Waals surface area contributed by atoms with Gasteiger partial charge in [-0.05, 0) is 57.4 Å². The minimum absolute atomic E-state index is 0.148. The fourth-order valence-corrected chi connectivity index (χ4v) is 4.55. The number of hydrogen-bond acceptors (Lipinski definition) is 3. The van der Waals surface area contributed by atoms with Gasteiger partial charge in [0.15, 0.2) is 0 Å². The highest BCUT2D eigenvalue weighted by atomic mass is 16.2. The van der Waals surface area contributed by atoms with E-state index in [9.17, 15) is 4.79 Å². The summed E-state index contributed by atoms with van der Waals surface area (Å²) in [6.45, 7) is 9.45. The Balaban J connectivity index is 1.52. The second-order valence-electron chi connectivity index (χ2n) is 7.89. The van der Waals surface area contributed by atoms with E-state index in [0.29, 0.717) is 0 Å². The number of pyridine rings is 1. The van der Waals surface area contributed by atoms with E-state index in [4.69, 9.17) is 0 Å². The summed E-state index contributed by atoms with van der Waals surface area (Å²) in [6.07, 6.45) is 9.60. The normalized spacial score (nSPS) is 16.9. The second kappa shape index (κ2) is 8.23. The summed E-state index contributed by atoms with van der Waals surface area (Å²) in [5.74, 6) is 1.48. The van der Waals surface area contributed by atoms with Crippen molar-refractivity contribution in [3.05, 3.63) is 71.3 Å². The summed E-state index contributed by atoms with van der Waals surface area (Å²) >= 11 is 0. The molecular weight excluding hydrogens is 362 g/mol. The van der Waals surface area contributed by atoms with Crippen LogP contribution in [0.5, 0.6) is 0 Å². The molecule has 1 aliphatic heterocycles. The molecule has 1 amide bonds. The number of hydrogen-bond donors (Lipinski definition) is 0. The van der Waals surface area contributed by atoms with Crippen LogP contribution in [0.25, 0.3) is 0 Å². The van der Waals surface area contributed by atoms with Gasteiger partial charge in [-0.25, -0.2) is 4.98 Å². The lowest BCUT2D eigenvalue weighted by Crippen LogP contribution is -2.40.